The topological polar surface area (TPSA) is 611 Å². The molecule has 0 rings (SSSR count). The van der Waals surface area contributed by atoms with E-state index in [1.165, 1.54) is 0 Å². The summed E-state index contributed by atoms with van der Waals surface area (Å²) in [7, 11) is 0. The Morgan fingerprint density at radius 3 is 0.465 bits per heavy atom. The second kappa shape index (κ2) is 63.0. The monoisotopic (exact) mass is 720 g/mol. The van der Waals surface area contributed by atoms with Crippen LogP contribution < -0.4 is 0 Å². The number of hydrogen-bond acceptors (Lipinski definition) is 8. The van der Waals surface area contributed by atoms with Crippen LogP contribution in [-0.4, -0.2) is 325 Å². The van der Waals surface area contributed by atoms with Gasteiger partial charge < -0.3 is 101 Å². The smallest absolute Gasteiger partial charge is 0.336 e. The molecule has 6 radical (unpaired) electrons. The number of carbonyl (C=O) groups is 6. The first-order valence-electron chi connectivity index (χ1n) is 6.34. The summed E-state index contributed by atoms with van der Waals surface area (Å²) in [6.07, 6.45) is -4.58. The molecule has 0 aromatic heterocycles. The number of aliphatic carboxylic acids is 6. The van der Waals surface area contributed by atoms with Crippen LogP contribution in [0.5, 0.6) is 0 Å². The summed E-state index contributed by atoms with van der Waals surface area (Å²) in [6.45, 7) is 0. The van der Waals surface area contributed by atoms with Crippen LogP contribution in [-0.2, 0) is 28.8 Å². The van der Waals surface area contributed by atoms with Crippen LogP contribution >= 0.6 is 0 Å². The van der Waals surface area contributed by atoms with Crippen molar-refractivity contribution in [2.24, 2.45) is 0 Å². The maximum atomic E-state index is 10.3. The Hall–Kier alpha value is 2.30. The maximum Gasteiger partial charge on any atom is 0.336 e. The summed E-state index contributed by atoms with van der Waals surface area (Å²) in [5.41, 5.74) is -5.48. The van der Waals surface area contributed by atoms with Gasteiger partial charge in [-0.3, -0.25) is 19.2 Å². The number of rotatable bonds is 10. The Balaban J connectivity index is -0.0000000113. The van der Waals surface area contributed by atoms with E-state index in [9.17, 15) is 28.8 Å². The molecule has 43 heavy (non-hydrogen) atoms. The Bertz CT molecular complexity index is 540. The molecule has 25 nitrogen and oxygen atoms in total. The summed E-state index contributed by atoms with van der Waals surface area (Å²) >= 11 is 0. The van der Waals surface area contributed by atoms with E-state index < -0.39 is 72.7 Å². The molecule has 30 N–H and O–H groups in total. The molecule has 31 heteroatoms. The fraction of sp³-hybridized carbons (Fsp3) is 0.500. The molecule has 0 aliphatic heterocycles. The first kappa shape index (κ1) is 129. The van der Waals surface area contributed by atoms with E-state index >= 15 is 0 Å². The molecule has 0 aromatic carbocycles. The summed E-state index contributed by atoms with van der Waals surface area (Å²) < 4.78 is 0. The van der Waals surface area contributed by atoms with Gasteiger partial charge in [0.2, 0.25) is 0 Å². The van der Waals surface area contributed by atoms with E-state index in [4.69, 9.17) is 40.9 Å². The molecule has 0 aromatic rings. The second-order valence-electron chi connectivity index (χ2n) is 4.96. The molecule has 242 valence electrons. The van der Waals surface area contributed by atoms with Crippen LogP contribution in [0.15, 0.2) is 0 Å². The van der Waals surface area contributed by atoms with Gasteiger partial charge in [-0.1, -0.05) is 0 Å². The molecule has 0 aliphatic rings. The van der Waals surface area contributed by atoms with E-state index in [1.807, 2.05) is 0 Å². The molecule has 0 amide bonds. The van der Waals surface area contributed by atoms with Crippen LogP contribution in [0.25, 0.3) is 0 Å². The van der Waals surface area contributed by atoms with Crippen LogP contribution in [0.3, 0.4) is 0 Å². The van der Waals surface area contributed by atoms with Crippen LogP contribution in [0.2, 0.25) is 0 Å². The van der Waals surface area contributed by atoms with Crippen molar-refractivity contribution < 1.29 is 130 Å². The SMILES string of the molecule is O.O.O.O.O.O.O.O.O.O.O.O=C(O)CC(O)(CC(=O)O)C(=O)O.O=C(O)CC(O)(CC(=O)O)C(=O)O.[Na].[Na].[Na].[Na].[Na].[Na]. The Morgan fingerprint density at radius 2 is 0.419 bits per heavy atom. The molecule has 0 aliphatic carbocycles. The van der Waals surface area contributed by atoms with Crippen LogP contribution in [0.4, 0.5) is 0 Å². The zero-order valence-corrected chi connectivity index (χ0v) is 36.4. The van der Waals surface area contributed by atoms with Gasteiger partial charge >= 0.3 is 35.8 Å². The van der Waals surface area contributed by atoms with E-state index in [2.05, 4.69) is 0 Å². The van der Waals surface area contributed by atoms with Crippen molar-refractivity contribution in [1.82, 2.24) is 0 Å². The van der Waals surface area contributed by atoms with Crippen molar-refractivity contribution in [1.29, 1.82) is 0 Å². The van der Waals surface area contributed by atoms with Gasteiger partial charge in [0, 0.05) is 177 Å². The third-order valence-electron chi connectivity index (χ3n) is 2.57. The van der Waals surface area contributed by atoms with Crippen LogP contribution in [0, 0.1) is 0 Å². The fourth-order valence-electron chi connectivity index (χ4n) is 1.43. The standard InChI is InChI=1S/2C6H8O7.6Na.11H2O/c2*7-3(8)1-6(13,5(11)12)2-4(9)10;;;;;;;;;;;;;;;;;/h2*13H,1-2H2,(H,7,8)(H,9,10)(H,11,12);;;;;;;11*1H2. The molecular weight excluding hydrogens is 682 g/mol. The maximum absolute atomic E-state index is 10.3. The minimum Gasteiger partial charge on any atom is -0.481 e. The van der Waals surface area contributed by atoms with Crippen molar-refractivity contribution in [3.63, 3.8) is 0 Å². The van der Waals surface area contributed by atoms with Crippen LogP contribution in [0.1, 0.15) is 25.7 Å². The van der Waals surface area contributed by atoms with Gasteiger partial charge in [0.1, 0.15) is 0 Å². The van der Waals surface area contributed by atoms with Gasteiger partial charge in [-0.2, -0.15) is 0 Å². The van der Waals surface area contributed by atoms with Gasteiger partial charge in [-0.05, 0) is 0 Å². The van der Waals surface area contributed by atoms with Gasteiger partial charge in [0.05, 0.1) is 25.7 Å². The van der Waals surface area contributed by atoms with Crippen molar-refractivity contribution in [3.8, 4) is 0 Å². The van der Waals surface area contributed by atoms with Gasteiger partial charge in [-0.15, -0.1) is 0 Å². The average molecular weight is 720 g/mol. The molecule has 0 bridgehead atoms. The van der Waals surface area contributed by atoms with Crippen molar-refractivity contribution >= 4 is 213 Å². The third kappa shape index (κ3) is 67.4. The van der Waals surface area contributed by atoms with E-state index in [1.54, 1.807) is 0 Å². The summed E-state index contributed by atoms with van der Waals surface area (Å²) in [5.74, 6) is -10.0. The largest absolute Gasteiger partial charge is 0.481 e. The first-order valence-corrected chi connectivity index (χ1v) is 6.34. The quantitative estimate of drug-likeness (QED) is 0.0972. The molecule has 0 saturated heterocycles. The summed E-state index contributed by atoms with van der Waals surface area (Å²) in [5, 5.41) is 67.6. The molecule has 0 atom stereocenters. The summed E-state index contributed by atoms with van der Waals surface area (Å²) in [4.78, 5) is 61.0. The average Bonchev–Trinajstić information content (AvgIpc) is 2.34. The second-order valence-corrected chi connectivity index (χ2v) is 4.96. The minimum atomic E-state index is -2.74. The van der Waals surface area contributed by atoms with Crippen molar-refractivity contribution in [3.05, 3.63) is 0 Å². The molecule has 0 fully saturated rings. The minimum absolute atomic E-state index is 0. The first-order chi connectivity index (χ1) is 11.6. The van der Waals surface area contributed by atoms with E-state index in [-0.39, 0.29) is 238 Å². The molecule has 0 saturated carbocycles. The molecule has 0 unspecified atom stereocenters. The predicted molar refractivity (Wildman–Crippen MR) is 148 cm³/mol. The number of aliphatic hydroxyl groups is 2. The molecular formula is C12H38Na6O25. The normalized spacial score (nSPS) is 6.56. The van der Waals surface area contributed by atoms with E-state index in [0.717, 1.165) is 0 Å². The number of carboxylic acid groups (broad SMARTS) is 6. The number of hydrogen-bond donors (Lipinski definition) is 8. The summed E-state index contributed by atoms with van der Waals surface area (Å²) in [6, 6.07) is 0. The zero-order valence-electron chi connectivity index (χ0n) is 24.4. The fourth-order valence-corrected chi connectivity index (χ4v) is 1.43. The van der Waals surface area contributed by atoms with Gasteiger partial charge in [0.15, 0.2) is 11.2 Å². The van der Waals surface area contributed by atoms with E-state index in [0.29, 0.717) is 0 Å². The predicted octanol–water partition coefficient (Wildman–Crippen LogP) is -13.9. The third-order valence-corrected chi connectivity index (χ3v) is 2.57. The Kier molecular flexibility index (Phi) is 188. The molecule has 0 heterocycles. The van der Waals surface area contributed by atoms with Gasteiger partial charge in [0.25, 0.3) is 0 Å². The Morgan fingerprint density at radius 1 is 0.326 bits per heavy atom. The zero-order chi connectivity index (χ0) is 21.3. The van der Waals surface area contributed by atoms with Crippen molar-refractivity contribution in [2.75, 3.05) is 0 Å². The number of carboxylic acids is 6. The van der Waals surface area contributed by atoms with Crippen molar-refractivity contribution in [2.45, 2.75) is 36.9 Å². The van der Waals surface area contributed by atoms with Gasteiger partial charge in [-0.25, -0.2) is 9.59 Å². The molecule has 0 spiro atoms. The Labute approximate surface area is 374 Å².